The summed E-state index contributed by atoms with van der Waals surface area (Å²) in [5.74, 6) is 0. The monoisotopic (exact) mass is 201 g/mol. The maximum absolute atomic E-state index is 8.90. The van der Waals surface area contributed by atoms with Gasteiger partial charge in [0.25, 0.3) is 0 Å². The van der Waals surface area contributed by atoms with Crippen molar-refractivity contribution < 1.29 is 5.11 Å². The molecule has 2 nitrogen and oxygen atoms in total. The number of hydrogen-bond acceptors (Lipinski definition) is 2. The first-order chi connectivity index (χ1) is 6.85. The smallest absolute Gasteiger partial charge is 0.0558 e. The number of rotatable bonds is 10. The van der Waals surface area contributed by atoms with E-state index in [1.54, 1.807) is 0 Å². The lowest BCUT2D eigenvalue weighted by Gasteiger charge is -2.20. The molecular weight excluding hydrogens is 174 g/mol. The predicted molar refractivity (Wildman–Crippen MR) is 62.6 cm³/mol. The lowest BCUT2D eigenvalue weighted by atomic mass is 10.2. The molecule has 0 aromatic rings. The van der Waals surface area contributed by atoms with Gasteiger partial charge >= 0.3 is 0 Å². The zero-order valence-corrected chi connectivity index (χ0v) is 9.97. The third-order valence-electron chi connectivity index (χ3n) is 2.57. The topological polar surface area (TPSA) is 23.5 Å². The molecule has 0 aliphatic carbocycles. The molecule has 0 aliphatic rings. The van der Waals surface area contributed by atoms with Crippen molar-refractivity contribution in [3.05, 3.63) is 0 Å². The van der Waals surface area contributed by atoms with Crippen molar-refractivity contribution in [2.75, 3.05) is 26.2 Å². The molecule has 0 aliphatic heterocycles. The van der Waals surface area contributed by atoms with E-state index in [4.69, 9.17) is 5.11 Å². The van der Waals surface area contributed by atoms with Gasteiger partial charge in [-0.1, -0.05) is 39.5 Å². The summed E-state index contributed by atoms with van der Waals surface area (Å²) in [6, 6.07) is 0. The summed E-state index contributed by atoms with van der Waals surface area (Å²) >= 11 is 0. The molecule has 0 rings (SSSR count). The second-order valence-electron chi connectivity index (χ2n) is 3.98. The van der Waals surface area contributed by atoms with Crippen LogP contribution in [0.3, 0.4) is 0 Å². The van der Waals surface area contributed by atoms with Crippen LogP contribution in [-0.4, -0.2) is 36.2 Å². The first-order valence-electron chi connectivity index (χ1n) is 6.18. The minimum atomic E-state index is 0.303. The average molecular weight is 201 g/mol. The van der Waals surface area contributed by atoms with E-state index in [0.29, 0.717) is 6.61 Å². The Morgan fingerprint density at radius 2 is 1.43 bits per heavy atom. The fraction of sp³-hybridized carbons (Fsp3) is 1.00. The summed E-state index contributed by atoms with van der Waals surface area (Å²) < 4.78 is 0. The molecular formula is C12H27NO. The van der Waals surface area contributed by atoms with Crippen molar-refractivity contribution in [3.63, 3.8) is 0 Å². The number of unbranched alkanes of at least 4 members (excludes halogenated alkanes) is 4. The van der Waals surface area contributed by atoms with E-state index in [1.807, 2.05) is 0 Å². The Balaban J connectivity index is 3.40. The summed E-state index contributed by atoms with van der Waals surface area (Å²) in [5, 5.41) is 8.90. The van der Waals surface area contributed by atoms with Crippen molar-refractivity contribution in [3.8, 4) is 0 Å². The molecule has 0 unspecified atom stereocenters. The molecule has 0 fully saturated rings. The molecule has 0 saturated carbocycles. The van der Waals surface area contributed by atoms with Gasteiger partial charge in [-0.3, -0.25) is 0 Å². The van der Waals surface area contributed by atoms with Crippen molar-refractivity contribution >= 4 is 0 Å². The number of hydrogen-bond donors (Lipinski definition) is 1. The van der Waals surface area contributed by atoms with Gasteiger partial charge in [0.1, 0.15) is 0 Å². The highest BCUT2D eigenvalue weighted by atomic mass is 16.3. The minimum absolute atomic E-state index is 0.303. The summed E-state index contributed by atoms with van der Waals surface area (Å²) in [7, 11) is 0. The molecule has 0 aromatic carbocycles. The van der Waals surface area contributed by atoms with Gasteiger partial charge in [0, 0.05) is 6.54 Å². The highest BCUT2D eigenvalue weighted by molar-refractivity contribution is 4.57. The number of aliphatic hydroxyl groups excluding tert-OH is 1. The standard InChI is InChI=1S/C12H27NO/c1-3-5-7-8-10-13(11-12-14)9-6-4-2/h14H,3-12H2,1-2H3. The molecule has 0 bridgehead atoms. The lowest BCUT2D eigenvalue weighted by molar-refractivity contribution is 0.191. The van der Waals surface area contributed by atoms with E-state index < -0.39 is 0 Å². The zero-order chi connectivity index (χ0) is 10.6. The second kappa shape index (κ2) is 11.0. The zero-order valence-electron chi connectivity index (χ0n) is 9.97. The molecule has 86 valence electrons. The average Bonchev–Trinajstić information content (AvgIpc) is 2.20. The molecule has 0 saturated heterocycles. The van der Waals surface area contributed by atoms with Gasteiger partial charge in [-0.05, 0) is 25.9 Å². The van der Waals surface area contributed by atoms with E-state index in [2.05, 4.69) is 18.7 Å². The van der Waals surface area contributed by atoms with Gasteiger partial charge in [0.2, 0.25) is 0 Å². The Labute approximate surface area is 89.3 Å². The van der Waals surface area contributed by atoms with Crippen molar-refractivity contribution in [1.29, 1.82) is 0 Å². The van der Waals surface area contributed by atoms with Crippen molar-refractivity contribution in [1.82, 2.24) is 4.90 Å². The molecule has 0 heterocycles. The van der Waals surface area contributed by atoms with E-state index >= 15 is 0 Å². The third-order valence-corrected chi connectivity index (χ3v) is 2.57. The Bertz CT molecular complexity index is 106. The molecule has 0 radical (unpaired) electrons. The van der Waals surface area contributed by atoms with Crippen LogP contribution in [-0.2, 0) is 0 Å². The summed E-state index contributed by atoms with van der Waals surface area (Å²) in [4.78, 5) is 2.39. The number of aliphatic hydroxyl groups is 1. The van der Waals surface area contributed by atoms with Crippen LogP contribution in [0.2, 0.25) is 0 Å². The highest BCUT2D eigenvalue weighted by Crippen LogP contribution is 2.02. The maximum Gasteiger partial charge on any atom is 0.0558 e. The van der Waals surface area contributed by atoms with Gasteiger partial charge in [-0.25, -0.2) is 0 Å². The van der Waals surface area contributed by atoms with Crippen LogP contribution in [0.25, 0.3) is 0 Å². The predicted octanol–water partition coefficient (Wildman–Crippen LogP) is 2.66. The van der Waals surface area contributed by atoms with E-state index in [1.165, 1.54) is 45.1 Å². The number of nitrogens with zero attached hydrogens (tertiary/aromatic N) is 1. The highest BCUT2D eigenvalue weighted by Gasteiger charge is 2.02. The molecule has 1 N–H and O–H groups in total. The van der Waals surface area contributed by atoms with Crippen LogP contribution in [0.15, 0.2) is 0 Å². The molecule has 14 heavy (non-hydrogen) atoms. The molecule has 0 amide bonds. The molecule has 0 spiro atoms. The van der Waals surface area contributed by atoms with E-state index in [9.17, 15) is 0 Å². The Kier molecular flexibility index (Phi) is 10.9. The molecule has 0 atom stereocenters. The van der Waals surface area contributed by atoms with Crippen molar-refractivity contribution in [2.24, 2.45) is 0 Å². The van der Waals surface area contributed by atoms with Crippen LogP contribution in [0.1, 0.15) is 52.4 Å². The summed E-state index contributed by atoms with van der Waals surface area (Å²) in [5.41, 5.74) is 0. The normalized spacial score (nSPS) is 11.1. The van der Waals surface area contributed by atoms with E-state index in [-0.39, 0.29) is 0 Å². The van der Waals surface area contributed by atoms with E-state index in [0.717, 1.165) is 13.1 Å². The third kappa shape index (κ3) is 8.52. The summed E-state index contributed by atoms with van der Waals surface area (Å²) in [6.07, 6.45) is 7.78. The first kappa shape index (κ1) is 13.9. The maximum atomic E-state index is 8.90. The molecule has 0 aromatic heterocycles. The quantitative estimate of drug-likeness (QED) is 0.549. The van der Waals surface area contributed by atoms with Gasteiger partial charge in [-0.2, -0.15) is 0 Å². The lowest BCUT2D eigenvalue weighted by Crippen LogP contribution is -2.29. The Hall–Kier alpha value is -0.0800. The Morgan fingerprint density at radius 3 is 2.00 bits per heavy atom. The SMILES string of the molecule is CCCCCCN(CCO)CCCC. The van der Waals surface area contributed by atoms with Crippen LogP contribution in [0.5, 0.6) is 0 Å². The van der Waals surface area contributed by atoms with Gasteiger partial charge in [-0.15, -0.1) is 0 Å². The van der Waals surface area contributed by atoms with Gasteiger partial charge < -0.3 is 10.0 Å². The van der Waals surface area contributed by atoms with Gasteiger partial charge in [0.05, 0.1) is 6.61 Å². The van der Waals surface area contributed by atoms with Gasteiger partial charge in [0.15, 0.2) is 0 Å². The van der Waals surface area contributed by atoms with Crippen molar-refractivity contribution in [2.45, 2.75) is 52.4 Å². The van der Waals surface area contributed by atoms with Crippen LogP contribution in [0, 0.1) is 0 Å². The fourth-order valence-corrected chi connectivity index (χ4v) is 1.62. The molecule has 2 heteroatoms. The summed E-state index contributed by atoms with van der Waals surface area (Å²) in [6.45, 7) is 7.93. The minimum Gasteiger partial charge on any atom is -0.395 e. The first-order valence-corrected chi connectivity index (χ1v) is 6.18. The largest absolute Gasteiger partial charge is 0.395 e. The van der Waals surface area contributed by atoms with Crippen LogP contribution in [0.4, 0.5) is 0 Å². The Morgan fingerprint density at radius 1 is 0.786 bits per heavy atom. The fourth-order valence-electron chi connectivity index (χ4n) is 1.62. The second-order valence-corrected chi connectivity index (χ2v) is 3.98. The van der Waals surface area contributed by atoms with Crippen LogP contribution >= 0.6 is 0 Å². The van der Waals surface area contributed by atoms with Crippen LogP contribution < -0.4 is 0 Å².